The highest BCUT2D eigenvalue weighted by Crippen LogP contribution is 2.25. The van der Waals surface area contributed by atoms with Gasteiger partial charge in [-0.1, -0.05) is 13.8 Å². The first-order valence-electron chi connectivity index (χ1n) is 7.03. The van der Waals surface area contributed by atoms with Gasteiger partial charge < -0.3 is 10.1 Å². The summed E-state index contributed by atoms with van der Waals surface area (Å²) in [5.74, 6) is 0. The largest absolute Gasteiger partial charge is 0.374 e. The third kappa shape index (κ3) is 4.26. The molecule has 1 aromatic heterocycles. The second-order valence-electron chi connectivity index (χ2n) is 4.86. The molecule has 2 unspecified atom stereocenters. The van der Waals surface area contributed by atoms with Gasteiger partial charge in [-0.15, -0.1) is 11.3 Å². The Bertz CT molecular complexity index is 385. The number of morpholine rings is 1. The first-order chi connectivity index (χ1) is 9.24. The average molecular weight is 347 g/mol. The molecule has 19 heavy (non-hydrogen) atoms. The summed E-state index contributed by atoms with van der Waals surface area (Å²) in [4.78, 5) is 3.88. The quantitative estimate of drug-likeness (QED) is 0.856. The van der Waals surface area contributed by atoms with Crippen molar-refractivity contribution in [3.05, 3.63) is 20.8 Å². The van der Waals surface area contributed by atoms with Crippen LogP contribution >= 0.6 is 27.3 Å². The Morgan fingerprint density at radius 3 is 3.05 bits per heavy atom. The van der Waals surface area contributed by atoms with E-state index in [0.29, 0.717) is 12.1 Å². The summed E-state index contributed by atoms with van der Waals surface area (Å²) in [6.45, 7) is 9.44. The van der Waals surface area contributed by atoms with E-state index in [0.717, 1.165) is 39.2 Å². The van der Waals surface area contributed by atoms with Crippen LogP contribution in [0.1, 0.15) is 18.7 Å². The van der Waals surface area contributed by atoms with Crippen LogP contribution in [-0.4, -0.2) is 49.8 Å². The van der Waals surface area contributed by atoms with Gasteiger partial charge in [-0.05, 0) is 40.5 Å². The maximum absolute atomic E-state index is 6.00. The van der Waals surface area contributed by atoms with Gasteiger partial charge in [-0.2, -0.15) is 0 Å². The zero-order chi connectivity index (χ0) is 13.7. The Hall–Kier alpha value is 0.0600. The van der Waals surface area contributed by atoms with E-state index in [1.165, 1.54) is 9.35 Å². The van der Waals surface area contributed by atoms with Gasteiger partial charge in [0.1, 0.15) is 0 Å². The minimum atomic E-state index is 0.294. The van der Waals surface area contributed by atoms with Gasteiger partial charge in [0.25, 0.3) is 0 Å². The lowest BCUT2D eigenvalue weighted by molar-refractivity contribution is -0.0444. The van der Waals surface area contributed by atoms with Crippen LogP contribution in [-0.2, 0) is 11.2 Å². The first kappa shape index (κ1) is 15.4. The van der Waals surface area contributed by atoms with E-state index in [1.54, 1.807) is 0 Å². The van der Waals surface area contributed by atoms with Crippen molar-refractivity contribution in [3.63, 3.8) is 0 Å². The van der Waals surface area contributed by atoms with Crippen molar-refractivity contribution in [1.29, 1.82) is 0 Å². The van der Waals surface area contributed by atoms with Crippen molar-refractivity contribution in [3.8, 4) is 0 Å². The highest BCUT2D eigenvalue weighted by molar-refractivity contribution is 9.10. The highest BCUT2D eigenvalue weighted by atomic mass is 79.9. The molecule has 0 amide bonds. The molecule has 1 aliphatic rings. The Morgan fingerprint density at radius 1 is 1.58 bits per heavy atom. The molecule has 1 fully saturated rings. The highest BCUT2D eigenvalue weighted by Gasteiger charge is 2.27. The van der Waals surface area contributed by atoms with Gasteiger partial charge in [0.2, 0.25) is 0 Å². The van der Waals surface area contributed by atoms with Crippen LogP contribution in [0.15, 0.2) is 15.9 Å². The molecular formula is C14H23BrN2OS. The zero-order valence-corrected chi connectivity index (χ0v) is 14.1. The molecule has 1 aromatic rings. The van der Waals surface area contributed by atoms with Gasteiger partial charge in [0.05, 0.1) is 12.7 Å². The number of hydrogen-bond donors (Lipinski definition) is 1. The van der Waals surface area contributed by atoms with E-state index in [4.69, 9.17) is 4.74 Å². The molecule has 2 heterocycles. The molecule has 0 bridgehead atoms. The molecule has 2 rings (SSSR count). The van der Waals surface area contributed by atoms with Crippen LogP contribution < -0.4 is 5.32 Å². The van der Waals surface area contributed by atoms with Crippen molar-refractivity contribution >= 4 is 27.3 Å². The van der Waals surface area contributed by atoms with E-state index in [1.807, 2.05) is 11.3 Å². The van der Waals surface area contributed by atoms with Crippen LogP contribution in [0.4, 0.5) is 0 Å². The molecule has 0 spiro atoms. The monoisotopic (exact) mass is 346 g/mol. The smallest absolute Gasteiger partial charge is 0.0858 e. The second-order valence-corrected chi connectivity index (χ2v) is 6.72. The van der Waals surface area contributed by atoms with Crippen molar-refractivity contribution in [2.24, 2.45) is 0 Å². The molecule has 0 radical (unpaired) electrons. The van der Waals surface area contributed by atoms with E-state index in [9.17, 15) is 0 Å². The summed E-state index contributed by atoms with van der Waals surface area (Å²) in [6.07, 6.45) is 1.33. The predicted octanol–water partition coefficient (Wildman–Crippen LogP) is 2.75. The molecule has 1 N–H and O–H groups in total. The fourth-order valence-electron chi connectivity index (χ4n) is 2.53. The molecule has 2 atom stereocenters. The summed E-state index contributed by atoms with van der Waals surface area (Å²) >= 11 is 5.45. The topological polar surface area (TPSA) is 24.5 Å². The van der Waals surface area contributed by atoms with Crippen LogP contribution in [0, 0.1) is 0 Å². The van der Waals surface area contributed by atoms with Crippen LogP contribution in [0.3, 0.4) is 0 Å². The lowest BCUT2D eigenvalue weighted by Gasteiger charge is -2.36. The fourth-order valence-corrected chi connectivity index (χ4v) is 4.10. The Kier molecular flexibility index (Phi) is 6.29. The van der Waals surface area contributed by atoms with Gasteiger partial charge in [0, 0.05) is 34.9 Å². The molecule has 0 saturated carbocycles. The molecular weight excluding hydrogens is 324 g/mol. The van der Waals surface area contributed by atoms with E-state index in [2.05, 4.69) is 51.4 Å². The molecule has 1 aliphatic heterocycles. The molecule has 1 saturated heterocycles. The lowest BCUT2D eigenvalue weighted by Crippen LogP contribution is -2.52. The molecule has 3 nitrogen and oxygen atoms in total. The number of halogens is 1. The van der Waals surface area contributed by atoms with Gasteiger partial charge in [0.15, 0.2) is 0 Å². The molecule has 108 valence electrons. The second kappa shape index (κ2) is 7.74. The van der Waals surface area contributed by atoms with E-state index < -0.39 is 0 Å². The van der Waals surface area contributed by atoms with E-state index in [-0.39, 0.29) is 0 Å². The predicted molar refractivity (Wildman–Crippen MR) is 85.0 cm³/mol. The number of rotatable bonds is 6. The fraction of sp³-hybridized carbons (Fsp3) is 0.714. The van der Waals surface area contributed by atoms with Crippen molar-refractivity contribution in [2.75, 3.05) is 32.8 Å². The van der Waals surface area contributed by atoms with Crippen LogP contribution in [0.2, 0.25) is 0 Å². The van der Waals surface area contributed by atoms with Crippen LogP contribution in [0.5, 0.6) is 0 Å². The summed E-state index contributed by atoms with van der Waals surface area (Å²) in [6, 6.07) is 2.53. The SMILES string of the molecule is CCNC(Cc1sccc1Br)C1CN(CC)CCO1. The summed E-state index contributed by atoms with van der Waals surface area (Å²) in [5, 5.41) is 5.74. The van der Waals surface area contributed by atoms with Crippen molar-refractivity contribution in [2.45, 2.75) is 32.4 Å². The minimum Gasteiger partial charge on any atom is -0.374 e. The Balaban J connectivity index is 2.00. The first-order valence-corrected chi connectivity index (χ1v) is 8.71. The third-order valence-electron chi connectivity index (χ3n) is 3.64. The standard InChI is InChI=1S/C14H23BrN2OS/c1-3-16-12(9-14-11(15)5-8-19-14)13-10-17(4-2)6-7-18-13/h5,8,12-13,16H,3-4,6-7,9-10H2,1-2H3. The summed E-state index contributed by atoms with van der Waals surface area (Å²) in [7, 11) is 0. The summed E-state index contributed by atoms with van der Waals surface area (Å²) < 4.78 is 7.22. The minimum absolute atomic E-state index is 0.294. The van der Waals surface area contributed by atoms with Crippen molar-refractivity contribution in [1.82, 2.24) is 10.2 Å². The molecule has 5 heteroatoms. The number of nitrogens with one attached hydrogen (secondary N) is 1. The average Bonchev–Trinajstić information content (AvgIpc) is 2.84. The molecule has 0 aromatic carbocycles. The molecule has 0 aliphatic carbocycles. The lowest BCUT2D eigenvalue weighted by atomic mass is 10.0. The Morgan fingerprint density at radius 2 is 2.42 bits per heavy atom. The summed E-state index contributed by atoms with van der Waals surface area (Å²) in [5.41, 5.74) is 0. The maximum Gasteiger partial charge on any atom is 0.0858 e. The van der Waals surface area contributed by atoms with E-state index >= 15 is 0 Å². The normalized spacial score (nSPS) is 22.6. The third-order valence-corrected chi connectivity index (χ3v) is 5.58. The number of thiophene rings is 1. The number of likely N-dealkylation sites (N-methyl/N-ethyl adjacent to an activating group) is 2. The van der Waals surface area contributed by atoms with Gasteiger partial charge in [-0.25, -0.2) is 0 Å². The maximum atomic E-state index is 6.00. The van der Waals surface area contributed by atoms with Crippen molar-refractivity contribution < 1.29 is 4.74 Å². The van der Waals surface area contributed by atoms with Gasteiger partial charge >= 0.3 is 0 Å². The Labute approximate surface area is 128 Å². The van der Waals surface area contributed by atoms with Gasteiger partial charge in [-0.3, -0.25) is 4.90 Å². The van der Waals surface area contributed by atoms with Crippen LogP contribution in [0.25, 0.3) is 0 Å². The number of hydrogen-bond acceptors (Lipinski definition) is 4. The number of nitrogens with zero attached hydrogens (tertiary/aromatic N) is 1. The number of ether oxygens (including phenoxy) is 1. The zero-order valence-electron chi connectivity index (χ0n) is 11.7.